The first-order valence-corrected chi connectivity index (χ1v) is 12.6. The van der Waals surface area contributed by atoms with Gasteiger partial charge in [-0.15, -0.1) is 0 Å². The number of halogens is 3. The summed E-state index contributed by atoms with van der Waals surface area (Å²) < 4.78 is 54.6. The van der Waals surface area contributed by atoms with Crippen molar-refractivity contribution in [2.24, 2.45) is 7.05 Å². The highest BCUT2D eigenvalue weighted by atomic mass is 19.3. The number of hydrogen-bond donors (Lipinski definition) is 2. The van der Waals surface area contributed by atoms with E-state index in [-0.39, 0.29) is 45.3 Å². The fraction of sp³-hybridized carbons (Fsp3) is 0.214. The second kappa shape index (κ2) is 10.2. The Morgan fingerprint density at radius 2 is 1.95 bits per heavy atom. The van der Waals surface area contributed by atoms with E-state index in [2.05, 4.69) is 20.5 Å². The molecular formula is C28H23F3N6O4. The van der Waals surface area contributed by atoms with Crippen LogP contribution in [0.2, 0.25) is 0 Å². The Hall–Kier alpha value is -4.91. The zero-order chi connectivity index (χ0) is 28.7. The maximum absolute atomic E-state index is 14.5. The molecule has 0 spiro atoms. The topological polar surface area (TPSA) is 116 Å². The number of carbonyl (C=O) groups is 1. The first kappa shape index (κ1) is 26.3. The molecule has 1 saturated carbocycles. The lowest BCUT2D eigenvalue weighted by Gasteiger charge is -2.37. The van der Waals surface area contributed by atoms with Crippen LogP contribution >= 0.6 is 0 Å². The normalized spacial score (nSPS) is 14.2. The summed E-state index contributed by atoms with van der Waals surface area (Å²) in [6, 6.07) is 9.83. The molecule has 0 aliphatic heterocycles. The predicted molar refractivity (Wildman–Crippen MR) is 140 cm³/mol. The van der Waals surface area contributed by atoms with E-state index in [1.807, 2.05) is 0 Å². The quantitative estimate of drug-likeness (QED) is 0.263. The number of aryl methyl sites for hydroxylation is 1. The number of rotatable bonds is 8. The van der Waals surface area contributed by atoms with Gasteiger partial charge < -0.3 is 19.9 Å². The van der Waals surface area contributed by atoms with Gasteiger partial charge in [0.1, 0.15) is 34.3 Å². The molecule has 1 aliphatic carbocycles. The lowest BCUT2D eigenvalue weighted by molar-refractivity contribution is -0.0495. The molecule has 5 aromatic rings. The highest BCUT2D eigenvalue weighted by Crippen LogP contribution is 2.44. The number of nitrogens with one attached hydrogen (secondary N) is 1. The van der Waals surface area contributed by atoms with Crippen LogP contribution in [0.15, 0.2) is 67.3 Å². The average molecular weight is 565 g/mol. The lowest BCUT2D eigenvalue weighted by atomic mass is 9.75. The smallest absolute Gasteiger partial charge is 0.387 e. The molecule has 6 rings (SSSR count). The van der Waals surface area contributed by atoms with Crippen molar-refractivity contribution >= 4 is 17.2 Å². The monoisotopic (exact) mass is 564 g/mol. The van der Waals surface area contributed by atoms with Gasteiger partial charge in [-0.3, -0.25) is 9.48 Å². The Morgan fingerprint density at radius 1 is 1.17 bits per heavy atom. The summed E-state index contributed by atoms with van der Waals surface area (Å²) in [7, 11) is 1.61. The van der Waals surface area contributed by atoms with Crippen LogP contribution in [0.25, 0.3) is 16.9 Å². The summed E-state index contributed by atoms with van der Waals surface area (Å²) in [6.45, 7) is -3.13. The summed E-state index contributed by atoms with van der Waals surface area (Å²) >= 11 is 0. The molecule has 0 radical (unpaired) electrons. The number of amides is 1. The number of nitrogens with zero attached hydrogens (tertiary/aromatic N) is 5. The van der Waals surface area contributed by atoms with Crippen LogP contribution in [0, 0.1) is 5.82 Å². The van der Waals surface area contributed by atoms with E-state index in [1.54, 1.807) is 19.3 Å². The number of aromatic nitrogens is 5. The van der Waals surface area contributed by atoms with Gasteiger partial charge in [0.05, 0.1) is 23.0 Å². The summed E-state index contributed by atoms with van der Waals surface area (Å²) in [5.74, 6) is -0.844. The van der Waals surface area contributed by atoms with Crippen molar-refractivity contribution in [2.45, 2.75) is 31.5 Å². The first-order valence-electron chi connectivity index (χ1n) is 12.6. The number of anilines is 1. The van der Waals surface area contributed by atoms with Crippen molar-refractivity contribution in [2.75, 3.05) is 5.32 Å². The van der Waals surface area contributed by atoms with Gasteiger partial charge in [-0.25, -0.2) is 13.9 Å². The molecule has 1 amide bonds. The summed E-state index contributed by atoms with van der Waals surface area (Å²) in [5.41, 5.74) is -0.135. The number of carbonyl (C=O) groups excluding carboxylic acids is 1. The minimum atomic E-state index is -3.13. The van der Waals surface area contributed by atoms with E-state index in [4.69, 9.17) is 9.47 Å². The Balaban J connectivity index is 1.35. The molecule has 0 atom stereocenters. The van der Waals surface area contributed by atoms with Crippen molar-refractivity contribution in [3.63, 3.8) is 0 Å². The maximum Gasteiger partial charge on any atom is 0.387 e. The molecule has 0 unspecified atom stereocenters. The fourth-order valence-corrected chi connectivity index (χ4v) is 4.75. The number of fused-ring (bicyclic) bond motifs is 1. The Labute approximate surface area is 231 Å². The zero-order valence-electron chi connectivity index (χ0n) is 21.6. The number of benzene rings is 2. The van der Waals surface area contributed by atoms with Gasteiger partial charge in [0.2, 0.25) is 0 Å². The molecule has 0 bridgehead atoms. The van der Waals surface area contributed by atoms with E-state index in [1.165, 1.54) is 64.2 Å². The average Bonchev–Trinajstić information content (AvgIpc) is 3.52. The van der Waals surface area contributed by atoms with E-state index >= 15 is 0 Å². The van der Waals surface area contributed by atoms with Crippen LogP contribution in [0.5, 0.6) is 17.2 Å². The van der Waals surface area contributed by atoms with Crippen LogP contribution in [-0.4, -0.2) is 42.0 Å². The Bertz CT molecular complexity index is 1770. The summed E-state index contributed by atoms with van der Waals surface area (Å²) in [5, 5.41) is 21.9. The molecule has 0 saturated heterocycles. The van der Waals surface area contributed by atoms with Gasteiger partial charge in [-0.1, -0.05) is 0 Å². The van der Waals surface area contributed by atoms with Crippen LogP contribution in [0.3, 0.4) is 0 Å². The minimum Gasteiger partial charge on any atom is -0.457 e. The van der Waals surface area contributed by atoms with E-state index < -0.39 is 23.9 Å². The van der Waals surface area contributed by atoms with Crippen molar-refractivity contribution in [1.29, 1.82) is 0 Å². The molecular weight excluding hydrogens is 541 g/mol. The molecule has 210 valence electrons. The largest absolute Gasteiger partial charge is 0.457 e. The zero-order valence-corrected chi connectivity index (χ0v) is 21.6. The molecule has 2 N–H and O–H groups in total. The second-order valence-electron chi connectivity index (χ2n) is 9.63. The third-order valence-corrected chi connectivity index (χ3v) is 6.88. The standard InChI is InChI=1S/C28H23F3N6O4/c1-36-15-22(34-26(38)19-14-33-37-11-3-10-32-25(19)37)24(35-36)18-12-16(5-7-23(18)41-27(30)31)40-17-4-6-21(29)20(13-17)28(39)8-2-9-28/h3-7,10-15,27,39H,2,8-9H2,1H3,(H,34,38). The highest BCUT2D eigenvalue weighted by Gasteiger charge is 2.38. The molecule has 2 aromatic carbocycles. The van der Waals surface area contributed by atoms with Crippen LogP contribution in [-0.2, 0) is 12.6 Å². The summed E-state index contributed by atoms with van der Waals surface area (Å²) in [4.78, 5) is 17.3. The maximum atomic E-state index is 14.5. The highest BCUT2D eigenvalue weighted by molar-refractivity contribution is 6.09. The molecule has 1 aliphatic rings. The molecule has 3 aromatic heterocycles. The predicted octanol–water partition coefficient (Wildman–Crippen LogP) is 5.29. The van der Waals surface area contributed by atoms with Gasteiger partial charge in [0.15, 0.2) is 5.65 Å². The van der Waals surface area contributed by atoms with Crippen molar-refractivity contribution in [1.82, 2.24) is 24.4 Å². The van der Waals surface area contributed by atoms with Gasteiger partial charge in [-0.05, 0) is 61.7 Å². The van der Waals surface area contributed by atoms with Crippen molar-refractivity contribution < 1.29 is 32.5 Å². The third-order valence-electron chi connectivity index (χ3n) is 6.88. The van der Waals surface area contributed by atoms with E-state index in [0.717, 1.165) is 6.42 Å². The molecule has 1 fully saturated rings. The van der Waals surface area contributed by atoms with Gasteiger partial charge in [-0.2, -0.15) is 19.0 Å². The van der Waals surface area contributed by atoms with Crippen LogP contribution < -0.4 is 14.8 Å². The molecule has 13 heteroatoms. The Kier molecular flexibility index (Phi) is 6.58. The van der Waals surface area contributed by atoms with Gasteiger partial charge in [0.25, 0.3) is 5.91 Å². The van der Waals surface area contributed by atoms with Gasteiger partial charge in [0, 0.05) is 31.2 Å². The van der Waals surface area contributed by atoms with Gasteiger partial charge >= 0.3 is 6.61 Å². The van der Waals surface area contributed by atoms with Crippen molar-refractivity contribution in [3.05, 3.63) is 84.2 Å². The van der Waals surface area contributed by atoms with Crippen molar-refractivity contribution in [3.8, 4) is 28.5 Å². The van der Waals surface area contributed by atoms with E-state index in [0.29, 0.717) is 18.5 Å². The minimum absolute atomic E-state index is 0.108. The van der Waals surface area contributed by atoms with Crippen LogP contribution in [0.1, 0.15) is 35.2 Å². The number of alkyl halides is 2. The summed E-state index contributed by atoms with van der Waals surface area (Å²) in [6.07, 6.45) is 7.71. The SMILES string of the molecule is Cn1cc(NC(=O)c2cnn3cccnc23)c(-c2cc(Oc3ccc(F)c(C4(O)CCC4)c3)ccc2OC(F)F)n1. The number of aliphatic hydroxyl groups is 1. The molecule has 41 heavy (non-hydrogen) atoms. The Morgan fingerprint density at radius 3 is 2.71 bits per heavy atom. The second-order valence-corrected chi connectivity index (χ2v) is 9.63. The van der Waals surface area contributed by atoms with E-state index in [9.17, 15) is 23.1 Å². The fourth-order valence-electron chi connectivity index (χ4n) is 4.75. The first-order chi connectivity index (χ1) is 19.7. The number of ether oxygens (including phenoxy) is 2. The van der Waals surface area contributed by atoms with Crippen LogP contribution in [0.4, 0.5) is 18.9 Å². The number of hydrogen-bond acceptors (Lipinski definition) is 7. The molecule has 10 nitrogen and oxygen atoms in total. The third kappa shape index (κ3) is 5.07. The lowest BCUT2D eigenvalue weighted by Crippen LogP contribution is -2.34. The molecule has 3 heterocycles.